The first-order valence-electron chi connectivity index (χ1n) is 5.98. The summed E-state index contributed by atoms with van der Waals surface area (Å²) >= 11 is 19.5. The molecule has 2 aromatic rings. The molecule has 22 heavy (non-hydrogen) atoms. The van der Waals surface area contributed by atoms with Crippen LogP contribution in [0.5, 0.6) is 0 Å². The van der Waals surface area contributed by atoms with Gasteiger partial charge in [-0.1, -0.05) is 46.9 Å². The molecule has 0 fully saturated rings. The Kier molecular flexibility index (Phi) is 6.23. The van der Waals surface area contributed by atoms with Gasteiger partial charge in [0.1, 0.15) is 6.61 Å². The van der Waals surface area contributed by atoms with Gasteiger partial charge in [-0.25, -0.2) is 9.78 Å². The number of anilines is 1. The van der Waals surface area contributed by atoms with Crippen molar-refractivity contribution in [1.82, 2.24) is 4.98 Å². The zero-order chi connectivity index (χ0) is 16.2. The van der Waals surface area contributed by atoms with Crippen molar-refractivity contribution in [2.24, 2.45) is 0 Å². The summed E-state index contributed by atoms with van der Waals surface area (Å²) in [5.74, 6) is 0. The molecular weight excluding hydrogens is 387 g/mol. The van der Waals surface area contributed by atoms with Crippen molar-refractivity contribution in [3.8, 4) is 11.3 Å². The highest BCUT2D eigenvalue weighted by Gasteiger charge is 2.22. The van der Waals surface area contributed by atoms with Crippen molar-refractivity contribution < 1.29 is 9.53 Å². The maximum absolute atomic E-state index is 11.6. The van der Waals surface area contributed by atoms with E-state index < -0.39 is 9.89 Å². The number of hydrogen-bond donors (Lipinski definition) is 1. The first-order chi connectivity index (χ1) is 10.4. The van der Waals surface area contributed by atoms with E-state index in [9.17, 15) is 4.79 Å². The third-order valence-electron chi connectivity index (χ3n) is 2.45. The largest absolute Gasteiger partial charge is 0.445 e. The number of hydrogen-bond acceptors (Lipinski definition) is 5. The number of benzene rings is 1. The monoisotopic (exact) mass is 396 g/mol. The number of rotatable bonds is 4. The average Bonchev–Trinajstić information content (AvgIpc) is 2.93. The van der Waals surface area contributed by atoms with Crippen molar-refractivity contribution >= 4 is 69.1 Å². The van der Waals surface area contributed by atoms with Crippen LogP contribution in [0.25, 0.3) is 11.3 Å². The van der Waals surface area contributed by atoms with Gasteiger partial charge < -0.3 is 4.74 Å². The van der Waals surface area contributed by atoms with Crippen molar-refractivity contribution in [1.29, 1.82) is 0 Å². The number of ether oxygens (including phenoxy) is 1. The molecule has 0 aliphatic carbocycles. The Bertz CT molecular complexity index is 659. The van der Waals surface area contributed by atoms with Crippen LogP contribution in [0.1, 0.15) is 0 Å². The van der Waals surface area contributed by atoms with Gasteiger partial charge in [0.15, 0.2) is 5.13 Å². The number of carbonyl (C=O) groups is 1. The number of nitrogens with one attached hydrogen (secondary N) is 1. The van der Waals surface area contributed by atoms with E-state index in [1.54, 1.807) is 11.8 Å². The maximum Gasteiger partial charge on any atom is 0.413 e. The lowest BCUT2D eigenvalue weighted by Gasteiger charge is -2.10. The van der Waals surface area contributed by atoms with Gasteiger partial charge in [0.25, 0.3) is 0 Å². The normalized spacial score (nSPS) is 11.3. The Morgan fingerprint density at radius 2 is 2.23 bits per heavy atom. The molecular formula is C13H11Cl3N2O2S2. The molecule has 9 heteroatoms. The van der Waals surface area contributed by atoms with E-state index in [0.29, 0.717) is 5.13 Å². The van der Waals surface area contributed by atoms with Gasteiger partial charge in [0.2, 0.25) is 3.79 Å². The van der Waals surface area contributed by atoms with E-state index in [2.05, 4.69) is 10.3 Å². The number of nitrogens with zero attached hydrogens (tertiary/aromatic N) is 1. The second-order valence-corrected chi connectivity index (χ2v) is 8.34. The molecule has 0 saturated carbocycles. The zero-order valence-electron chi connectivity index (χ0n) is 11.3. The van der Waals surface area contributed by atoms with Crippen LogP contribution in [-0.2, 0) is 4.74 Å². The Morgan fingerprint density at radius 3 is 2.91 bits per heavy atom. The minimum absolute atomic E-state index is 0.336. The molecule has 0 aliphatic rings. The molecule has 0 unspecified atom stereocenters. The van der Waals surface area contributed by atoms with Crippen LogP contribution >= 0.6 is 57.9 Å². The summed E-state index contributed by atoms with van der Waals surface area (Å²) in [5.41, 5.74) is 1.75. The predicted octanol–water partition coefficient (Wildman–Crippen LogP) is 5.45. The van der Waals surface area contributed by atoms with E-state index in [4.69, 9.17) is 39.5 Å². The van der Waals surface area contributed by atoms with Crippen LogP contribution in [0.3, 0.4) is 0 Å². The highest BCUT2D eigenvalue weighted by atomic mass is 35.6. The first-order valence-corrected chi connectivity index (χ1v) is 9.22. The lowest BCUT2D eigenvalue weighted by molar-refractivity contribution is 0.164. The fourth-order valence-corrected chi connectivity index (χ4v) is 2.85. The summed E-state index contributed by atoms with van der Waals surface area (Å²) in [4.78, 5) is 17.0. The van der Waals surface area contributed by atoms with Crippen LogP contribution in [0.4, 0.5) is 9.93 Å². The Balaban J connectivity index is 2.00. The quantitative estimate of drug-likeness (QED) is 0.550. The minimum atomic E-state index is -1.64. The van der Waals surface area contributed by atoms with Crippen molar-refractivity contribution in [2.45, 2.75) is 8.69 Å². The van der Waals surface area contributed by atoms with Gasteiger partial charge in [-0.2, -0.15) is 0 Å². The third-order valence-corrected chi connectivity index (χ3v) is 4.26. The fraction of sp³-hybridized carbons (Fsp3) is 0.231. The highest BCUT2D eigenvalue weighted by Crippen LogP contribution is 2.28. The van der Waals surface area contributed by atoms with E-state index >= 15 is 0 Å². The number of alkyl halides is 3. The molecule has 0 spiro atoms. The number of thiazole rings is 1. The summed E-state index contributed by atoms with van der Waals surface area (Å²) in [6.07, 6.45) is 1.29. The van der Waals surface area contributed by atoms with Crippen molar-refractivity contribution in [3.05, 3.63) is 29.6 Å². The third kappa shape index (κ3) is 5.52. The number of carbonyl (C=O) groups excluding carboxylic acids is 1. The first kappa shape index (κ1) is 17.7. The lowest BCUT2D eigenvalue weighted by Crippen LogP contribution is -2.21. The average molecular weight is 398 g/mol. The Hall–Kier alpha value is -0.660. The van der Waals surface area contributed by atoms with Crippen molar-refractivity contribution in [3.63, 3.8) is 0 Å². The molecule has 0 bridgehead atoms. The number of thioether (sulfide) groups is 1. The molecule has 4 nitrogen and oxygen atoms in total. The maximum atomic E-state index is 11.6. The molecule has 0 atom stereocenters. The fourth-order valence-electron chi connectivity index (χ4n) is 1.52. The zero-order valence-corrected chi connectivity index (χ0v) is 15.2. The van der Waals surface area contributed by atoms with Crippen LogP contribution in [0.2, 0.25) is 0 Å². The van der Waals surface area contributed by atoms with Gasteiger partial charge in [0.05, 0.1) is 5.69 Å². The minimum Gasteiger partial charge on any atom is -0.445 e. The van der Waals surface area contributed by atoms with Crippen molar-refractivity contribution in [2.75, 3.05) is 18.2 Å². The van der Waals surface area contributed by atoms with E-state index in [0.717, 1.165) is 16.2 Å². The SMILES string of the molecule is CSc1cccc(-c2csc(NC(=O)OCC(Cl)(Cl)Cl)n2)c1. The summed E-state index contributed by atoms with van der Waals surface area (Å²) in [5, 5.41) is 4.77. The number of halogens is 3. The van der Waals surface area contributed by atoms with Gasteiger partial charge in [-0.05, 0) is 18.4 Å². The molecule has 1 aromatic carbocycles. The second kappa shape index (κ2) is 7.75. The molecule has 2 rings (SSSR count). The lowest BCUT2D eigenvalue weighted by atomic mass is 10.2. The molecule has 0 radical (unpaired) electrons. The Morgan fingerprint density at radius 1 is 1.45 bits per heavy atom. The molecule has 1 heterocycles. The highest BCUT2D eigenvalue weighted by molar-refractivity contribution is 7.98. The molecule has 118 valence electrons. The molecule has 0 saturated heterocycles. The summed E-state index contributed by atoms with van der Waals surface area (Å²) in [7, 11) is 0. The van der Waals surface area contributed by atoms with Gasteiger partial charge in [-0.3, -0.25) is 5.32 Å². The van der Waals surface area contributed by atoms with Crippen LogP contribution in [0, 0.1) is 0 Å². The second-order valence-electron chi connectivity index (χ2n) is 4.09. The number of aromatic nitrogens is 1. The van der Waals surface area contributed by atoms with E-state index in [-0.39, 0.29) is 6.61 Å². The molecule has 1 amide bonds. The summed E-state index contributed by atoms with van der Waals surface area (Å²) in [6, 6.07) is 7.97. The standard InChI is InChI=1S/C13H11Cl3N2O2S2/c1-21-9-4-2-3-8(5-9)10-6-22-11(17-10)18-12(19)20-7-13(14,15)16/h2-6H,7H2,1H3,(H,17,18,19). The predicted molar refractivity (Wildman–Crippen MR) is 94.6 cm³/mol. The van der Waals surface area contributed by atoms with E-state index in [1.165, 1.54) is 11.3 Å². The van der Waals surface area contributed by atoms with Crippen LogP contribution in [0.15, 0.2) is 34.5 Å². The molecule has 0 aliphatic heterocycles. The summed E-state index contributed by atoms with van der Waals surface area (Å²) in [6.45, 7) is -0.336. The van der Waals surface area contributed by atoms with Gasteiger partial charge in [-0.15, -0.1) is 23.1 Å². The molecule has 1 N–H and O–H groups in total. The number of amides is 1. The Labute approximate surface area is 151 Å². The van der Waals surface area contributed by atoms with Gasteiger partial charge >= 0.3 is 6.09 Å². The smallest absolute Gasteiger partial charge is 0.413 e. The molecule has 1 aromatic heterocycles. The summed E-state index contributed by atoms with van der Waals surface area (Å²) < 4.78 is 3.14. The van der Waals surface area contributed by atoms with E-state index in [1.807, 2.05) is 35.9 Å². The van der Waals surface area contributed by atoms with Crippen LogP contribution in [-0.4, -0.2) is 27.7 Å². The van der Waals surface area contributed by atoms with Gasteiger partial charge in [0, 0.05) is 15.8 Å². The van der Waals surface area contributed by atoms with Crippen LogP contribution < -0.4 is 5.32 Å². The topological polar surface area (TPSA) is 51.2 Å².